The molecule has 150 valence electrons. The van der Waals surface area contributed by atoms with Crippen molar-refractivity contribution in [2.45, 2.75) is 25.3 Å². The molecule has 2 fully saturated rings. The van der Waals surface area contributed by atoms with Crippen molar-refractivity contribution in [2.24, 2.45) is 5.92 Å². The Hall–Kier alpha value is -1.99. The molecule has 1 aromatic rings. The summed E-state index contributed by atoms with van der Waals surface area (Å²) in [5.74, 6) is 1.000. The van der Waals surface area contributed by atoms with Gasteiger partial charge in [-0.25, -0.2) is 0 Å². The van der Waals surface area contributed by atoms with E-state index in [9.17, 15) is 9.59 Å². The van der Waals surface area contributed by atoms with Crippen molar-refractivity contribution in [1.29, 1.82) is 0 Å². The molecule has 3 rings (SSSR count). The number of hydrogen-bond donors (Lipinski definition) is 1. The number of benzene rings is 1. The lowest BCUT2D eigenvalue weighted by Crippen LogP contribution is -2.44. The van der Waals surface area contributed by atoms with Crippen LogP contribution < -0.4 is 19.7 Å². The molecule has 2 atom stereocenters. The van der Waals surface area contributed by atoms with E-state index in [0.717, 1.165) is 25.9 Å². The lowest BCUT2D eigenvalue weighted by Gasteiger charge is -2.27. The van der Waals surface area contributed by atoms with E-state index < -0.39 is 0 Å². The van der Waals surface area contributed by atoms with E-state index in [1.54, 1.807) is 37.3 Å². The largest absolute Gasteiger partial charge is 0.497 e. The van der Waals surface area contributed by atoms with Crippen molar-refractivity contribution in [3.8, 4) is 11.5 Å². The van der Waals surface area contributed by atoms with Gasteiger partial charge in [-0.15, -0.1) is 12.4 Å². The molecule has 0 spiro atoms. The molecule has 0 radical (unpaired) electrons. The van der Waals surface area contributed by atoms with Crippen molar-refractivity contribution < 1.29 is 19.1 Å². The molecule has 2 aliphatic heterocycles. The Morgan fingerprint density at radius 3 is 2.48 bits per heavy atom. The van der Waals surface area contributed by atoms with Gasteiger partial charge in [-0.2, -0.15) is 0 Å². The fourth-order valence-electron chi connectivity index (χ4n) is 3.88. The van der Waals surface area contributed by atoms with Gasteiger partial charge in [-0.1, -0.05) is 0 Å². The van der Waals surface area contributed by atoms with E-state index in [2.05, 4.69) is 5.32 Å². The lowest BCUT2D eigenvalue weighted by molar-refractivity contribution is -0.136. The first-order valence-corrected chi connectivity index (χ1v) is 9.06. The minimum atomic E-state index is -0.294. The smallest absolute Gasteiger partial charge is 0.228 e. The molecular formula is C19H28ClN3O4. The highest BCUT2D eigenvalue weighted by Gasteiger charge is 2.40. The number of likely N-dealkylation sites (tertiary alicyclic amines) is 1. The normalized spacial score (nSPS) is 22.0. The third-order valence-electron chi connectivity index (χ3n) is 5.22. The fraction of sp³-hybridized carbons (Fsp3) is 0.579. The number of hydrogen-bond acceptors (Lipinski definition) is 5. The molecule has 2 unspecified atom stereocenters. The number of rotatable bonds is 6. The van der Waals surface area contributed by atoms with Crippen LogP contribution in [0.15, 0.2) is 18.2 Å². The van der Waals surface area contributed by atoms with Crippen LogP contribution in [0, 0.1) is 5.92 Å². The summed E-state index contributed by atoms with van der Waals surface area (Å²) in [7, 11) is 5.05. The van der Waals surface area contributed by atoms with Crippen LogP contribution in [0.25, 0.3) is 0 Å². The van der Waals surface area contributed by atoms with E-state index in [-0.39, 0.29) is 42.6 Å². The fourth-order valence-corrected chi connectivity index (χ4v) is 3.88. The number of likely N-dealkylation sites (N-methyl/N-ethyl adjacent to an activating group) is 1. The number of nitrogens with zero attached hydrogens (tertiary/aromatic N) is 2. The topological polar surface area (TPSA) is 71.1 Å². The summed E-state index contributed by atoms with van der Waals surface area (Å²) < 4.78 is 10.6. The van der Waals surface area contributed by atoms with Crippen molar-refractivity contribution in [2.75, 3.05) is 45.8 Å². The number of ether oxygens (including phenoxy) is 2. The van der Waals surface area contributed by atoms with Crippen LogP contribution in [0.1, 0.15) is 19.3 Å². The van der Waals surface area contributed by atoms with Crippen LogP contribution in [0.2, 0.25) is 0 Å². The number of methoxy groups -OCH3 is 2. The minimum Gasteiger partial charge on any atom is -0.497 e. The van der Waals surface area contributed by atoms with Crippen molar-refractivity contribution >= 4 is 29.9 Å². The van der Waals surface area contributed by atoms with Gasteiger partial charge < -0.3 is 24.6 Å². The first-order valence-electron chi connectivity index (χ1n) is 9.06. The Balaban J connectivity index is 0.00000261. The first-order chi connectivity index (χ1) is 12.6. The van der Waals surface area contributed by atoms with Gasteiger partial charge in [-0.05, 0) is 19.9 Å². The highest BCUT2D eigenvalue weighted by atomic mass is 35.5. The Morgan fingerprint density at radius 2 is 1.89 bits per heavy atom. The van der Waals surface area contributed by atoms with Crippen LogP contribution >= 0.6 is 12.4 Å². The maximum Gasteiger partial charge on any atom is 0.228 e. The molecule has 2 heterocycles. The maximum absolute atomic E-state index is 13.0. The van der Waals surface area contributed by atoms with Crippen LogP contribution in [-0.2, 0) is 9.59 Å². The monoisotopic (exact) mass is 397 g/mol. The summed E-state index contributed by atoms with van der Waals surface area (Å²) >= 11 is 0. The molecule has 0 aliphatic carbocycles. The Morgan fingerprint density at radius 1 is 1.22 bits per heavy atom. The molecule has 0 aromatic heterocycles. The Bertz CT molecular complexity index is 663. The van der Waals surface area contributed by atoms with Gasteiger partial charge in [-0.3, -0.25) is 9.59 Å². The number of carbonyl (C=O) groups is 2. The van der Waals surface area contributed by atoms with Gasteiger partial charge in [0.1, 0.15) is 11.5 Å². The summed E-state index contributed by atoms with van der Waals surface area (Å²) in [4.78, 5) is 29.2. The zero-order valence-corrected chi connectivity index (χ0v) is 16.9. The highest BCUT2D eigenvalue weighted by molar-refractivity contribution is 6.00. The van der Waals surface area contributed by atoms with Crippen molar-refractivity contribution in [1.82, 2.24) is 10.2 Å². The van der Waals surface area contributed by atoms with Gasteiger partial charge in [0.05, 0.1) is 25.8 Å². The predicted molar refractivity (Wildman–Crippen MR) is 106 cm³/mol. The van der Waals surface area contributed by atoms with E-state index >= 15 is 0 Å². The minimum absolute atomic E-state index is 0. The Kier molecular flexibility index (Phi) is 7.33. The van der Waals surface area contributed by atoms with Gasteiger partial charge in [0, 0.05) is 50.3 Å². The third kappa shape index (κ3) is 4.47. The maximum atomic E-state index is 13.0. The third-order valence-corrected chi connectivity index (χ3v) is 5.22. The molecule has 0 bridgehead atoms. The van der Waals surface area contributed by atoms with E-state index in [0.29, 0.717) is 23.7 Å². The molecule has 2 amide bonds. The van der Waals surface area contributed by atoms with Crippen LogP contribution in [0.3, 0.4) is 0 Å². The SMILES string of the molecule is CNCC1CCCN1C(=O)C1CC(=O)N(c2cc(OC)cc(OC)c2)C1.Cl. The predicted octanol–water partition coefficient (Wildman–Crippen LogP) is 1.69. The second-order valence-corrected chi connectivity index (χ2v) is 6.86. The number of halogens is 1. The summed E-state index contributed by atoms with van der Waals surface area (Å²) in [5.41, 5.74) is 0.703. The lowest BCUT2D eigenvalue weighted by atomic mass is 10.1. The zero-order chi connectivity index (χ0) is 18.7. The summed E-state index contributed by atoms with van der Waals surface area (Å²) in [6, 6.07) is 5.59. The summed E-state index contributed by atoms with van der Waals surface area (Å²) in [6.45, 7) is 1.98. The average Bonchev–Trinajstić information content (AvgIpc) is 3.27. The van der Waals surface area contributed by atoms with Gasteiger partial charge >= 0.3 is 0 Å². The number of carbonyl (C=O) groups excluding carboxylic acids is 2. The van der Waals surface area contributed by atoms with Crippen LogP contribution in [0.4, 0.5) is 5.69 Å². The van der Waals surface area contributed by atoms with E-state index in [1.165, 1.54) is 0 Å². The number of amides is 2. The van der Waals surface area contributed by atoms with Crippen molar-refractivity contribution in [3.63, 3.8) is 0 Å². The quantitative estimate of drug-likeness (QED) is 0.791. The molecule has 1 N–H and O–H groups in total. The Labute approximate surface area is 166 Å². The molecule has 7 nitrogen and oxygen atoms in total. The van der Waals surface area contributed by atoms with Crippen LogP contribution in [-0.4, -0.2) is 63.7 Å². The number of nitrogens with one attached hydrogen (secondary N) is 1. The highest BCUT2D eigenvalue weighted by Crippen LogP contribution is 2.33. The molecule has 2 saturated heterocycles. The molecule has 2 aliphatic rings. The van der Waals surface area contributed by atoms with E-state index in [1.807, 2.05) is 11.9 Å². The molecule has 1 aromatic carbocycles. The molecule has 8 heteroatoms. The average molecular weight is 398 g/mol. The first kappa shape index (κ1) is 21.3. The van der Waals surface area contributed by atoms with Crippen LogP contribution in [0.5, 0.6) is 11.5 Å². The summed E-state index contributed by atoms with van der Waals surface area (Å²) in [6.07, 6.45) is 2.29. The standard InChI is InChI=1S/C19H27N3O4.ClH/c1-20-11-14-5-4-6-21(14)19(24)13-7-18(23)22(12-13)15-8-16(25-2)10-17(9-15)26-3;/h8-10,13-14,20H,4-7,11-12H2,1-3H3;1H. The molecule has 0 saturated carbocycles. The molecule has 27 heavy (non-hydrogen) atoms. The second kappa shape index (κ2) is 9.28. The number of anilines is 1. The van der Waals surface area contributed by atoms with E-state index in [4.69, 9.17) is 9.47 Å². The second-order valence-electron chi connectivity index (χ2n) is 6.86. The van der Waals surface area contributed by atoms with Gasteiger partial charge in [0.15, 0.2) is 0 Å². The summed E-state index contributed by atoms with van der Waals surface area (Å²) in [5, 5.41) is 3.15. The van der Waals surface area contributed by atoms with Crippen molar-refractivity contribution in [3.05, 3.63) is 18.2 Å². The molecular weight excluding hydrogens is 370 g/mol. The van der Waals surface area contributed by atoms with Gasteiger partial charge in [0.2, 0.25) is 11.8 Å². The zero-order valence-electron chi connectivity index (χ0n) is 16.1. The van der Waals surface area contributed by atoms with Gasteiger partial charge in [0.25, 0.3) is 0 Å².